The molecular formula is C12H15NO4. The molecule has 0 saturated carbocycles. The molecule has 1 unspecified atom stereocenters. The largest absolute Gasteiger partial charge is 0.481 e. The Hall–Kier alpha value is -1.91. The van der Waals surface area contributed by atoms with Gasteiger partial charge in [0.05, 0.1) is 5.92 Å². The van der Waals surface area contributed by atoms with Gasteiger partial charge in [0.1, 0.15) is 0 Å². The number of fused-ring (bicyclic) bond motifs is 1. The topological polar surface area (TPSA) is 67.8 Å². The Balaban J connectivity index is 1.85. The Morgan fingerprint density at radius 1 is 1.47 bits per heavy atom. The molecule has 0 bridgehead atoms. The summed E-state index contributed by atoms with van der Waals surface area (Å²) >= 11 is 0. The maximum absolute atomic E-state index is 10.6. The lowest BCUT2D eigenvalue weighted by molar-refractivity contribution is -0.141. The number of rotatable bonds is 5. The normalized spacial score (nSPS) is 14.4. The molecule has 2 N–H and O–H groups in total. The molecule has 1 aromatic rings. The fraction of sp³-hybridized carbons (Fsp3) is 0.417. The molecule has 5 heteroatoms. The van der Waals surface area contributed by atoms with Crippen LogP contribution in [0.2, 0.25) is 0 Å². The van der Waals surface area contributed by atoms with Gasteiger partial charge in [0.15, 0.2) is 11.5 Å². The maximum atomic E-state index is 10.6. The fourth-order valence-electron chi connectivity index (χ4n) is 1.56. The zero-order valence-electron chi connectivity index (χ0n) is 9.60. The number of carboxylic acids is 1. The highest BCUT2D eigenvalue weighted by atomic mass is 16.7. The maximum Gasteiger partial charge on any atom is 0.306 e. The number of aliphatic carboxylic acids is 1. The number of hydrogen-bond acceptors (Lipinski definition) is 4. The Bertz CT molecular complexity index is 419. The first-order valence-corrected chi connectivity index (χ1v) is 5.53. The van der Waals surface area contributed by atoms with Gasteiger partial charge in [-0.15, -0.1) is 0 Å². The zero-order chi connectivity index (χ0) is 12.3. The van der Waals surface area contributed by atoms with E-state index in [0.717, 1.165) is 17.2 Å². The van der Waals surface area contributed by atoms with E-state index in [9.17, 15) is 4.79 Å². The molecular weight excluding hydrogens is 222 g/mol. The van der Waals surface area contributed by atoms with Crippen molar-refractivity contribution in [2.24, 2.45) is 5.92 Å². The predicted molar refractivity (Wildman–Crippen MR) is 62.5 cm³/mol. The van der Waals surface area contributed by atoms with Crippen LogP contribution in [0.1, 0.15) is 13.3 Å². The molecule has 1 heterocycles. The van der Waals surface area contributed by atoms with Crippen molar-refractivity contribution in [2.45, 2.75) is 13.3 Å². The van der Waals surface area contributed by atoms with Crippen LogP contribution in [0.15, 0.2) is 18.2 Å². The van der Waals surface area contributed by atoms with E-state index in [4.69, 9.17) is 14.6 Å². The first-order chi connectivity index (χ1) is 8.16. The van der Waals surface area contributed by atoms with E-state index in [0.29, 0.717) is 13.0 Å². The molecule has 0 aliphatic carbocycles. The van der Waals surface area contributed by atoms with Crippen molar-refractivity contribution in [3.05, 3.63) is 18.2 Å². The van der Waals surface area contributed by atoms with Crippen LogP contribution in [0, 0.1) is 5.92 Å². The first-order valence-electron chi connectivity index (χ1n) is 5.53. The van der Waals surface area contributed by atoms with Crippen molar-refractivity contribution >= 4 is 11.7 Å². The minimum atomic E-state index is -0.766. The Kier molecular flexibility index (Phi) is 3.37. The van der Waals surface area contributed by atoms with Gasteiger partial charge in [-0.1, -0.05) is 6.92 Å². The monoisotopic (exact) mass is 237 g/mol. The number of anilines is 1. The molecule has 92 valence electrons. The van der Waals surface area contributed by atoms with Gasteiger partial charge in [-0.25, -0.2) is 0 Å². The molecule has 0 aromatic heterocycles. The van der Waals surface area contributed by atoms with Gasteiger partial charge in [-0.3, -0.25) is 4.79 Å². The number of ether oxygens (including phenoxy) is 2. The smallest absolute Gasteiger partial charge is 0.306 e. The van der Waals surface area contributed by atoms with E-state index in [2.05, 4.69) is 5.32 Å². The van der Waals surface area contributed by atoms with E-state index >= 15 is 0 Å². The molecule has 2 rings (SSSR count). The number of carboxylic acid groups (broad SMARTS) is 1. The molecule has 0 spiro atoms. The number of carbonyl (C=O) groups is 1. The van der Waals surface area contributed by atoms with Crippen LogP contribution < -0.4 is 14.8 Å². The van der Waals surface area contributed by atoms with Gasteiger partial charge in [0.25, 0.3) is 0 Å². The number of benzene rings is 1. The number of nitrogens with one attached hydrogen (secondary N) is 1. The quantitative estimate of drug-likeness (QED) is 0.819. The van der Waals surface area contributed by atoms with Gasteiger partial charge in [0.2, 0.25) is 6.79 Å². The van der Waals surface area contributed by atoms with E-state index in [1.165, 1.54) is 0 Å². The van der Waals surface area contributed by atoms with Crippen LogP contribution in [0.3, 0.4) is 0 Å². The molecule has 0 saturated heterocycles. The highest BCUT2D eigenvalue weighted by molar-refractivity contribution is 5.69. The molecule has 17 heavy (non-hydrogen) atoms. The predicted octanol–water partition coefficient (Wildman–Crippen LogP) is 1.94. The van der Waals surface area contributed by atoms with E-state index in [1.54, 1.807) is 6.92 Å². The van der Waals surface area contributed by atoms with E-state index < -0.39 is 5.97 Å². The lowest BCUT2D eigenvalue weighted by Gasteiger charge is -2.09. The highest BCUT2D eigenvalue weighted by Gasteiger charge is 2.13. The van der Waals surface area contributed by atoms with Crippen molar-refractivity contribution < 1.29 is 19.4 Å². The third-order valence-corrected chi connectivity index (χ3v) is 2.70. The minimum Gasteiger partial charge on any atom is -0.481 e. The molecule has 0 fully saturated rings. The lowest BCUT2D eigenvalue weighted by atomic mass is 10.1. The third-order valence-electron chi connectivity index (χ3n) is 2.70. The number of hydrogen-bond donors (Lipinski definition) is 2. The van der Waals surface area contributed by atoms with Crippen molar-refractivity contribution in [1.82, 2.24) is 0 Å². The molecule has 0 radical (unpaired) electrons. The van der Waals surface area contributed by atoms with Crippen LogP contribution in [0.5, 0.6) is 11.5 Å². The van der Waals surface area contributed by atoms with Crippen molar-refractivity contribution in [3.63, 3.8) is 0 Å². The summed E-state index contributed by atoms with van der Waals surface area (Å²) in [5.41, 5.74) is 0.909. The molecule has 1 atom stereocenters. The summed E-state index contributed by atoms with van der Waals surface area (Å²) in [7, 11) is 0. The summed E-state index contributed by atoms with van der Waals surface area (Å²) in [6.45, 7) is 2.58. The second-order valence-electron chi connectivity index (χ2n) is 4.02. The Morgan fingerprint density at radius 2 is 2.24 bits per heavy atom. The SMILES string of the molecule is CC(CCNc1ccc2c(c1)OCO2)C(=O)O. The summed E-state index contributed by atoms with van der Waals surface area (Å²) in [5, 5.41) is 11.9. The van der Waals surface area contributed by atoms with Gasteiger partial charge in [0, 0.05) is 18.3 Å². The van der Waals surface area contributed by atoms with Crippen LogP contribution in [0.4, 0.5) is 5.69 Å². The minimum absolute atomic E-state index is 0.259. The van der Waals surface area contributed by atoms with Gasteiger partial charge >= 0.3 is 5.97 Å². The van der Waals surface area contributed by atoms with Crippen LogP contribution in [-0.4, -0.2) is 24.4 Å². The third kappa shape index (κ3) is 2.81. The second-order valence-corrected chi connectivity index (χ2v) is 4.02. The van der Waals surface area contributed by atoms with Crippen LogP contribution in [0.25, 0.3) is 0 Å². The average molecular weight is 237 g/mol. The van der Waals surface area contributed by atoms with Crippen LogP contribution in [-0.2, 0) is 4.79 Å². The van der Waals surface area contributed by atoms with Crippen molar-refractivity contribution in [2.75, 3.05) is 18.7 Å². The summed E-state index contributed by atoms with van der Waals surface area (Å²) in [5.74, 6) is 0.365. The highest BCUT2D eigenvalue weighted by Crippen LogP contribution is 2.34. The zero-order valence-corrected chi connectivity index (χ0v) is 9.60. The lowest BCUT2D eigenvalue weighted by Crippen LogP contribution is -2.14. The standard InChI is InChI=1S/C12H15NO4/c1-8(12(14)15)4-5-13-9-2-3-10-11(6-9)17-7-16-10/h2-3,6,8,13H,4-5,7H2,1H3,(H,14,15). The Labute approximate surface area is 99.3 Å². The van der Waals surface area contributed by atoms with E-state index in [-0.39, 0.29) is 12.7 Å². The summed E-state index contributed by atoms with van der Waals surface area (Å²) in [6.07, 6.45) is 0.587. The molecule has 1 aliphatic heterocycles. The fourth-order valence-corrected chi connectivity index (χ4v) is 1.56. The van der Waals surface area contributed by atoms with Crippen LogP contribution >= 0.6 is 0 Å². The molecule has 1 aromatic carbocycles. The summed E-state index contributed by atoms with van der Waals surface area (Å²) in [4.78, 5) is 10.6. The van der Waals surface area contributed by atoms with Crippen molar-refractivity contribution in [3.8, 4) is 11.5 Å². The summed E-state index contributed by atoms with van der Waals surface area (Å²) < 4.78 is 10.4. The van der Waals surface area contributed by atoms with Crippen molar-refractivity contribution in [1.29, 1.82) is 0 Å². The van der Waals surface area contributed by atoms with Gasteiger partial charge in [-0.05, 0) is 18.6 Å². The van der Waals surface area contributed by atoms with Gasteiger partial charge in [-0.2, -0.15) is 0 Å². The van der Waals surface area contributed by atoms with Gasteiger partial charge < -0.3 is 19.9 Å². The molecule has 5 nitrogen and oxygen atoms in total. The summed E-state index contributed by atoms with van der Waals surface area (Å²) in [6, 6.07) is 5.58. The molecule has 1 aliphatic rings. The first kappa shape index (κ1) is 11.6. The Morgan fingerprint density at radius 3 is 3.00 bits per heavy atom. The second kappa shape index (κ2) is 4.95. The average Bonchev–Trinajstić information content (AvgIpc) is 2.75. The van der Waals surface area contributed by atoms with E-state index in [1.807, 2.05) is 18.2 Å². The molecule has 0 amide bonds.